The molecule has 0 atom stereocenters. The van der Waals surface area contributed by atoms with Crippen molar-refractivity contribution < 1.29 is 9.53 Å². The summed E-state index contributed by atoms with van der Waals surface area (Å²) in [6.45, 7) is 3.04. The Hall–Kier alpha value is -2.95. The van der Waals surface area contributed by atoms with E-state index < -0.39 is 0 Å². The van der Waals surface area contributed by atoms with Gasteiger partial charge in [0.1, 0.15) is 11.8 Å². The van der Waals surface area contributed by atoms with Crippen molar-refractivity contribution in [1.82, 2.24) is 14.9 Å². The molecule has 120 valence electrons. The Bertz CT molecular complexity index is 904. The summed E-state index contributed by atoms with van der Waals surface area (Å²) in [5.41, 5.74) is 2.22. The molecule has 0 bridgehead atoms. The summed E-state index contributed by atoms with van der Waals surface area (Å²) < 4.78 is 5.79. The molecular formula is C19H17N3O2. The third kappa shape index (κ3) is 2.80. The lowest BCUT2D eigenvalue weighted by molar-refractivity contribution is 0.0155. The number of amides is 1. The van der Waals surface area contributed by atoms with E-state index in [9.17, 15) is 4.79 Å². The largest absolute Gasteiger partial charge is 0.471 e. The molecule has 1 saturated heterocycles. The summed E-state index contributed by atoms with van der Waals surface area (Å²) in [5, 5.41) is 1.03. The van der Waals surface area contributed by atoms with Crippen LogP contribution in [0.15, 0.2) is 54.6 Å². The highest BCUT2D eigenvalue weighted by Crippen LogP contribution is 2.19. The van der Waals surface area contributed by atoms with Crippen LogP contribution in [0.5, 0.6) is 5.88 Å². The maximum absolute atomic E-state index is 12.5. The lowest BCUT2D eigenvalue weighted by atomic mass is 10.1. The van der Waals surface area contributed by atoms with Gasteiger partial charge in [0, 0.05) is 17.1 Å². The van der Waals surface area contributed by atoms with E-state index in [-0.39, 0.29) is 12.0 Å². The van der Waals surface area contributed by atoms with Gasteiger partial charge >= 0.3 is 0 Å². The third-order valence-electron chi connectivity index (χ3n) is 4.10. The number of para-hydroxylation sites is 1. The van der Waals surface area contributed by atoms with Crippen LogP contribution in [0, 0.1) is 6.92 Å². The number of likely N-dealkylation sites (tertiary alicyclic amines) is 1. The van der Waals surface area contributed by atoms with Crippen molar-refractivity contribution in [3.63, 3.8) is 0 Å². The predicted molar refractivity (Wildman–Crippen MR) is 91.0 cm³/mol. The maximum atomic E-state index is 12.5. The first-order chi connectivity index (χ1) is 11.7. The molecule has 1 amide bonds. The summed E-state index contributed by atoms with van der Waals surface area (Å²) in [6.07, 6.45) is -0.0105. The summed E-state index contributed by atoms with van der Waals surface area (Å²) in [5.74, 6) is 0.550. The minimum atomic E-state index is -0.0576. The first kappa shape index (κ1) is 14.6. The molecule has 0 spiro atoms. The third-order valence-corrected chi connectivity index (χ3v) is 4.10. The van der Waals surface area contributed by atoms with E-state index in [0.29, 0.717) is 24.7 Å². The molecule has 5 heteroatoms. The highest BCUT2D eigenvalue weighted by Gasteiger charge is 2.33. The van der Waals surface area contributed by atoms with Crippen LogP contribution in [0.4, 0.5) is 0 Å². The van der Waals surface area contributed by atoms with Crippen LogP contribution in [0.2, 0.25) is 0 Å². The van der Waals surface area contributed by atoms with Gasteiger partial charge in [0.25, 0.3) is 5.91 Å². The highest BCUT2D eigenvalue weighted by atomic mass is 16.5. The van der Waals surface area contributed by atoms with E-state index in [4.69, 9.17) is 4.74 Å². The number of aryl methyl sites for hydroxylation is 1. The van der Waals surface area contributed by atoms with Crippen molar-refractivity contribution >= 4 is 16.8 Å². The smallest absolute Gasteiger partial charge is 0.272 e. The van der Waals surface area contributed by atoms with E-state index in [1.165, 1.54) is 0 Å². The molecule has 2 aromatic heterocycles. The number of rotatable bonds is 3. The monoisotopic (exact) mass is 319 g/mol. The minimum absolute atomic E-state index is 0.0105. The molecule has 4 rings (SSSR count). The van der Waals surface area contributed by atoms with Gasteiger partial charge in [0.2, 0.25) is 5.88 Å². The average Bonchev–Trinajstić information content (AvgIpc) is 2.57. The molecule has 1 aromatic carbocycles. The van der Waals surface area contributed by atoms with Gasteiger partial charge in [-0.2, -0.15) is 0 Å². The Balaban J connectivity index is 1.41. The topological polar surface area (TPSA) is 55.3 Å². The Kier molecular flexibility index (Phi) is 3.61. The standard InChI is InChI=1S/C19H17N3O2/c1-13-5-4-8-18(20-13)24-15-11-22(12-15)19(23)17-10-9-14-6-2-3-7-16(14)21-17/h2-10,15H,11-12H2,1H3. The zero-order valence-electron chi connectivity index (χ0n) is 13.3. The van der Waals surface area contributed by atoms with Crippen LogP contribution in [0.1, 0.15) is 16.2 Å². The minimum Gasteiger partial charge on any atom is -0.471 e. The molecule has 3 heterocycles. The number of ether oxygens (including phenoxy) is 1. The molecular weight excluding hydrogens is 302 g/mol. The number of hydrogen-bond donors (Lipinski definition) is 0. The molecule has 0 radical (unpaired) electrons. The van der Waals surface area contributed by atoms with E-state index >= 15 is 0 Å². The molecule has 0 N–H and O–H groups in total. The number of benzene rings is 1. The van der Waals surface area contributed by atoms with Crippen molar-refractivity contribution in [2.45, 2.75) is 13.0 Å². The van der Waals surface area contributed by atoms with Crippen LogP contribution >= 0.6 is 0 Å². The van der Waals surface area contributed by atoms with Gasteiger partial charge < -0.3 is 9.64 Å². The van der Waals surface area contributed by atoms with Crippen molar-refractivity contribution in [2.24, 2.45) is 0 Å². The van der Waals surface area contributed by atoms with E-state index in [1.807, 2.05) is 55.5 Å². The molecule has 0 unspecified atom stereocenters. The number of carbonyl (C=O) groups excluding carboxylic acids is 1. The van der Waals surface area contributed by atoms with Crippen molar-refractivity contribution in [1.29, 1.82) is 0 Å². The van der Waals surface area contributed by atoms with Crippen molar-refractivity contribution in [3.8, 4) is 5.88 Å². The number of fused-ring (bicyclic) bond motifs is 1. The van der Waals surface area contributed by atoms with Crippen molar-refractivity contribution in [2.75, 3.05) is 13.1 Å². The fourth-order valence-corrected chi connectivity index (χ4v) is 2.78. The molecule has 1 aliphatic rings. The van der Waals surface area contributed by atoms with Gasteiger partial charge in [-0.15, -0.1) is 0 Å². The first-order valence-corrected chi connectivity index (χ1v) is 7.94. The van der Waals surface area contributed by atoms with E-state index in [1.54, 1.807) is 11.0 Å². The summed E-state index contributed by atoms with van der Waals surface area (Å²) >= 11 is 0. The fraction of sp³-hybridized carbons (Fsp3) is 0.211. The molecule has 3 aromatic rings. The summed E-state index contributed by atoms with van der Waals surface area (Å²) in [6, 6.07) is 17.2. The van der Waals surface area contributed by atoms with Gasteiger partial charge in [-0.1, -0.05) is 30.3 Å². The van der Waals surface area contributed by atoms with Crippen LogP contribution < -0.4 is 4.74 Å². The SMILES string of the molecule is Cc1cccc(OC2CN(C(=O)c3ccc4ccccc4n3)C2)n1. The lowest BCUT2D eigenvalue weighted by Crippen LogP contribution is -2.56. The highest BCUT2D eigenvalue weighted by molar-refractivity contribution is 5.95. The second kappa shape index (κ2) is 5.92. The summed E-state index contributed by atoms with van der Waals surface area (Å²) in [7, 11) is 0. The van der Waals surface area contributed by atoms with Gasteiger partial charge in [0.15, 0.2) is 0 Å². The Morgan fingerprint density at radius 1 is 1.04 bits per heavy atom. The fourth-order valence-electron chi connectivity index (χ4n) is 2.78. The molecule has 1 fully saturated rings. The molecule has 0 aliphatic carbocycles. The normalized spacial score (nSPS) is 14.5. The van der Waals surface area contributed by atoms with Gasteiger partial charge in [0.05, 0.1) is 18.6 Å². The zero-order valence-corrected chi connectivity index (χ0v) is 13.3. The first-order valence-electron chi connectivity index (χ1n) is 7.94. The quantitative estimate of drug-likeness (QED) is 0.745. The molecule has 0 saturated carbocycles. The van der Waals surface area contributed by atoms with E-state index in [0.717, 1.165) is 16.6 Å². The second-order valence-corrected chi connectivity index (χ2v) is 5.96. The average molecular weight is 319 g/mol. The Labute approximate surface area is 139 Å². The van der Waals surface area contributed by atoms with Crippen LogP contribution in [0.25, 0.3) is 10.9 Å². The Morgan fingerprint density at radius 3 is 2.71 bits per heavy atom. The van der Waals surface area contributed by atoms with E-state index in [2.05, 4.69) is 9.97 Å². The molecule has 24 heavy (non-hydrogen) atoms. The number of pyridine rings is 2. The van der Waals surface area contributed by atoms with Crippen molar-refractivity contribution in [3.05, 3.63) is 66.0 Å². The lowest BCUT2D eigenvalue weighted by Gasteiger charge is -2.38. The number of aromatic nitrogens is 2. The number of carbonyl (C=O) groups is 1. The maximum Gasteiger partial charge on any atom is 0.272 e. The van der Waals surface area contributed by atoms with Gasteiger partial charge in [-0.25, -0.2) is 9.97 Å². The number of nitrogens with zero attached hydrogens (tertiary/aromatic N) is 3. The summed E-state index contributed by atoms with van der Waals surface area (Å²) in [4.78, 5) is 23.0. The number of hydrogen-bond acceptors (Lipinski definition) is 4. The van der Waals surface area contributed by atoms with Gasteiger partial charge in [-0.3, -0.25) is 4.79 Å². The Morgan fingerprint density at radius 2 is 1.88 bits per heavy atom. The molecule has 5 nitrogen and oxygen atoms in total. The second-order valence-electron chi connectivity index (χ2n) is 5.96. The van der Waals surface area contributed by atoms with Gasteiger partial charge in [-0.05, 0) is 25.1 Å². The predicted octanol–water partition coefficient (Wildman–Crippen LogP) is 2.84. The molecule has 1 aliphatic heterocycles. The van der Waals surface area contributed by atoms with Crippen LogP contribution in [-0.4, -0.2) is 40.0 Å². The van der Waals surface area contributed by atoms with Crippen LogP contribution in [0.3, 0.4) is 0 Å². The zero-order chi connectivity index (χ0) is 16.5. The van der Waals surface area contributed by atoms with Crippen LogP contribution in [-0.2, 0) is 0 Å².